The third kappa shape index (κ3) is 10.8. The highest BCUT2D eigenvalue weighted by molar-refractivity contribution is 8.13. The molecule has 8 nitrogen and oxygen atoms in total. The third-order valence-corrected chi connectivity index (χ3v) is 6.07. The maximum absolute atomic E-state index is 12.4. The highest BCUT2D eigenvalue weighted by Crippen LogP contribution is 2.48. The fourth-order valence-electron chi connectivity index (χ4n) is 2.16. The lowest BCUT2D eigenvalue weighted by atomic mass is 10.1. The lowest BCUT2D eigenvalue weighted by molar-refractivity contribution is -0.121. The average molecular weight is 420 g/mol. The van der Waals surface area contributed by atoms with E-state index in [2.05, 4.69) is 10.3 Å². The Morgan fingerprint density at radius 1 is 1.41 bits per heavy atom. The second-order valence-corrected chi connectivity index (χ2v) is 9.05. The summed E-state index contributed by atoms with van der Waals surface area (Å²) < 4.78 is 27.8. The summed E-state index contributed by atoms with van der Waals surface area (Å²) in [4.78, 5) is 26.8. The quantitative estimate of drug-likeness (QED) is 0.340. The predicted molar refractivity (Wildman–Crippen MR) is 107 cm³/mol. The first-order valence-electron chi connectivity index (χ1n) is 8.93. The van der Waals surface area contributed by atoms with Gasteiger partial charge in [0.25, 0.3) is 0 Å². The molecule has 2 atom stereocenters. The van der Waals surface area contributed by atoms with Crippen LogP contribution in [0.25, 0.3) is 0 Å². The molecule has 1 aliphatic heterocycles. The summed E-state index contributed by atoms with van der Waals surface area (Å²) in [6.45, 7) is 4.07. The minimum Gasteiger partial charge on any atom is -0.356 e. The number of phosphoric acid groups is 1. The monoisotopic (exact) mass is 420 g/mol. The van der Waals surface area contributed by atoms with Gasteiger partial charge in [-0.05, 0) is 18.4 Å². The van der Waals surface area contributed by atoms with Crippen molar-refractivity contribution in [3.8, 4) is 0 Å². The molecule has 0 aromatic rings. The van der Waals surface area contributed by atoms with Gasteiger partial charge < -0.3 is 5.32 Å². The molecule has 0 spiro atoms. The van der Waals surface area contributed by atoms with Crippen molar-refractivity contribution in [3.05, 3.63) is 11.8 Å². The minimum atomic E-state index is -3.66. The SMILES string of the molecule is CCC(CNC(=O)CCC1=CN=CC1)COP(=O)(OC)OCCSC(C)=O. The van der Waals surface area contributed by atoms with E-state index in [1.807, 2.05) is 13.1 Å². The molecule has 1 heterocycles. The third-order valence-electron chi connectivity index (χ3n) is 3.88. The number of carbonyl (C=O) groups is 2. The first kappa shape index (κ1) is 24.0. The van der Waals surface area contributed by atoms with Gasteiger partial charge in [-0.3, -0.25) is 28.2 Å². The fraction of sp³-hybridized carbons (Fsp3) is 0.706. The van der Waals surface area contributed by atoms with Gasteiger partial charge >= 0.3 is 7.82 Å². The van der Waals surface area contributed by atoms with Crippen molar-refractivity contribution in [3.63, 3.8) is 0 Å². The van der Waals surface area contributed by atoms with E-state index >= 15 is 0 Å². The van der Waals surface area contributed by atoms with Gasteiger partial charge in [0.1, 0.15) is 0 Å². The maximum atomic E-state index is 12.4. The van der Waals surface area contributed by atoms with E-state index in [-0.39, 0.29) is 30.2 Å². The van der Waals surface area contributed by atoms with E-state index in [1.165, 1.54) is 14.0 Å². The van der Waals surface area contributed by atoms with Crippen molar-refractivity contribution in [2.24, 2.45) is 10.9 Å². The smallest absolute Gasteiger partial charge is 0.356 e. The van der Waals surface area contributed by atoms with Crippen molar-refractivity contribution >= 4 is 36.8 Å². The molecule has 0 aliphatic carbocycles. The standard InChI is InChI=1S/C17H29N2O6PS/c1-4-15(12-19-17(21)6-5-16-7-8-18-11-16)13-25-26(22,23-3)24-9-10-27-14(2)20/h8,11,15H,4-7,9-10,12-13H2,1-3H3,(H,19,21). The van der Waals surface area contributed by atoms with E-state index in [1.54, 1.807) is 6.20 Å². The number of hydrogen-bond acceptors (Lipinski definition) is 8. The summed E-state index contributed by atoms with van der Waals surface area (Å²) in [5.74, 6) is 0.330. The largest absolute Gasteiger partial charge is 0.474 e. The van der Waals surface area contributed by atoms with Crippen molar-refractivity contribution in [1.82, 2.24) is 5.32 Å². The molecule has 0 fully saturated rings. The van der Waals surface area contributed by atoms with Gasteiger partial charge in [0.05, 0.1) is 13.2 Å². The number of thioether (sulfide) groups is 1. The zero-order chi connectivity index (χ0) is 20.1. The van der Waals surface area contributed by atoms with Gasteiger partial charge in [-0.15, -0.1) is 0 Å². The Morgan fingerprint density at radius 2 is 2.19 bits per heavy atom. The van der Waals surface area contributed by atoms with Gasteiger partial charge in [-0.25, -0.2) is 4.57 Å². The molecule has 1 aliphatic rings. The van der Waals surface area contributed by atoms with Crippen molar-refractivity contribution in [2.75, 3.05) is 32.6 Å². The highest BCUT2D eigenvalue weighted by Gasteiger charge is 2.26. The van der Waals surface area contributed by atoms with Crippen LogP contribution in [-0.2, 0) is 27.7 Å². The highest BCUT2D eigenvalue weighted by atomic mass is 32.2. The Hall–Kier alpha value is -0.990. The first-order valence-corrected chi connectivity index (χ1v) is 11.4. The lowest BCUT2D eigenvalue weighted by Gasteiger charge is -2.20. The number of allylic oxidation sites excluding steroid dienone is 1. The Bertz CT molecular complexity index is 596. The van der Waals surface area contributed by atoms with Crippen molar-refractivity contribution in [2.45, 2.75) is 39.5 Å². The topological polar surface area (TPSA) is 103 Å². The molecule has 154 valence electrons. The fourth-order valence-corrected chi connectivity index (χ4v) is 3.73. The summed E-state index contributed by atoms with van der Waals surface area (Å²) in [6, 6.07) is 0. The lowest BCUT2D eigenvalue weighted by Crippen LogP contribution is -2.30. The van der Waals surface area contributed by atoms with Crippen LogP contribution in [-0.4, -0.2) is 49.9 Å². The van der Waals surface area contributed by atoms with Crippen LogP contribution < -0.4 is 5.32 Å². The molecule has 0 saturated carbocycles. The number of nitrogens with one attached hydrogen (secondary N) is 1. The number of aliphatic imine (C=N–C) groups is 1. The van der Waals surface area contributed by atoms with E-state index < -0.39 is 7.82 Å². The van der Waals surface area contributed by atoms with E-state index in [4.69, 9.17) is 13.6 Å². The Labute approximate surface area is 165 Å². The summed E-state index contributed by atoms with van der Waals surface area (Å²) in [6.07, 6.45) is 6.29. The number of rotatable bonds is 14. The molecule has 0 saturated heterocycles. The Morgan fingerprint density at radius 3 is 2.78 bits per heavy atom. The van der Waals surface area contributed by atoms with Crippen LogP contribution in [0.3, 0.4) is 0 Å². The summed E-state index contributed by atoms with van der Waals surface area (Å²) in [7, 11) is -2.41. The molecule has 0 bridgehead atoms. The average Bonchev–Trinajstić information content (AvgIpc) is 3.17. The zero-order valence-corrected chi connectivity index (χ0v) is 17.9. The van der Waals surface area contributed by atoms with Crippen LogP contribution in [0.2, 0.25) is 0 Å². The Kier molecular flexibility index (Phi) is 11.8. The second kappa shape index (κ2) is 13.2. The van der Waals surface area contributed by atoms with E-state index in [9.17, 15) is 14.2 Å². The molecule has 1 amide bonds. The van der Waals surface area contributed by atoms with Crippen LogP contribution in [0.1, 0.15) is 39.5 Å². The number of phosphoric ester groups is 1. The van der Waals surface area contributed by atoms with Crippen LogP contribution in [0, 0.1) is 5.92 Å². The van der Waals surface area contributed by atoms with Crippen LogP contribution in [0.15, 0.2) is 16.8 Å². The Balaban J connectivity index is 2.28. The van der Waals surface area contributed by atoms with Crippen molar-refractivity contribution < 1.29 is 27.7 Å². The van der Waals surface area contributed by atoms with Crippen LogP contribution in [0.5, 0.6) is 0 Å². The number of carbonyl (C=O) groups excluding carboxylic acids is 2. The van der Waals surface area contributed by atoms with Gasteiger partial charge in [-0.2, -0.15) is 0 Å². The molecule has 27 heavy (non-hydrogen) atoms. The predicted octanol–water partition coefficient (Wildman–Crippen LogP) is 3.33. The first-order chi connectivity index (χ1) is 12.9. The molecule has 10 heteroatoms. The van der Waals surface area contributed by atoms with Crippen LogP contribution in [0.4, 0.5) is 0 Å². The summed E-state index contributed by atoms with van der Waals surface area (Å²) in [5.41, 5.74) is 1.15. The van der Waals surface area contributed by atoms with Crippen LogP contribution >= 0.6 is 19.6 Å². The van der Waals surface area contributed by atoms with E-state index in [0.29, 0.717) is 25.1 Å². The molecular formula is C17H29N2O6PS. The normalized spacial score (nSPS) is 16.6. The van der Waals surface area contributed by atoms with Gasteiger partial charge in [-0.1, -0.05) is 18.7 Å². The molecule has 0 aromatic heterocycles. The molecular weight excluding hydrogens is 391 g/mol. The minimum absolute atomic E-state index is 0.0124. The summed E-state index contributed by atoms with van der Waals surface area (Å²) >= 11 is 1.08. The second-order valence-electron chi connectivity index (χ2n) is 6.00. The number of amides is 1. The number of hydrogen-bond donors (Lipinski definition) is 1. The maximum Gasteiger partial charge on any atom is 0.474 e. The van der Waals surface area contributed by atoms with Crippen molar-refractivity contribution in [1.29, 1.82) is 0 Å². The number of nitrogens with zero attached hydrogens (tertiary/aromatic N) is 1. The van der Waals surface area contributed by atoms with E-state index in [0.717, 1.165) is 30.2 Å². The molecule has 1 N–H and O–H groups in total. The molecule has 2 unspecified atom stereocenters. The van der Waals surface area contributed by atoms with Gasteiger partial charge in [0.2, 0.25) is 5.91 Å². The molecule has 0 aromatic carbocycles. The molecule has 0 radical (unpaired) electrons. The van der Waals surface area contributed by atoms with Gasteiger partial charge in [0.15, 0.2) is 5.12 Å². The van der Waals surface area contributed by atoms with Gasteiger partial charge in [0, 0.05) is 57.5 Å². The molecule has 1 rings (SSSR count). The zero-order valence-electron chi connectivity index (χ0n) is 16.1. The summed E-state index contributed by atoms with van der Waals surface area (Å²) in [5, 5.41) is 2.84.